The van der Waals surface area contributed by atoms with Crippen molar-refractivity contribution in [3.05, 3.63) is 28.2 Å². The first-order valence-electron chi connectivity index (χ1n) is 7.64. The van der Waals surface area contributed by atoms with Gasteiger partial charge in [-0.25, -0.2) is 0 Å². The molecule has 0 saturated heterocycles. The summed E-state index contributed by atoms with van der Waals surface area (Å²) in [5.41, 5.74) is 0.766. The van der Waals surface area contributed by atoms with Gasteiger partial charge in [0.25, 0.3) is 0 Å². The van der Waals surface area contributed by atoms with Crippen LogP contribution in [0.3, 0.4) is 0 Å². The number of ether oxygens (including phenoxy) is 1. The van der Waals surface area contributed by atoms with E-state index >= 15 is 0 Å². The van der Waals surface area contributed by atoms with E-state index in [-0.39, 0.29) is 5.78 Å². The molecule has 0 spiro atoms. The Morgan fingerprint density at radius 3 is 2.45 bits per heavy atom. The molecule has 1 aromatic carbocycles. The fourth-order valence-corrected chi connectivity index (χ4v) is 2.76. The third-order valence-corrected chi connectivity index (χ3v) is 3.97. The van der Waals surface area contributed by atoms with Crippen LogP contribution in [0.1, 0.15) is 69.2 Å². The number of unbranched alkanes of at least 4 members (excludes halogenated alkanes) is 5. The lowest BCUT2D eigenvalue weighted by Gasteiger charge is -2.07. The number of hydrogen-bond acceptors (Lipinski definition) is 2. The fourth-order valence-electron chi connectivity index (χ4n) is 2.18. The Hall–Kier alpha value is -0.830. The number of hydrogen-bond donors (Lipinski definition) is 0. The van der Waals surface area contributed by atoms with Gasteiger partial charge in [-0.15, -0.1) is 0 Å². The van der Waals surface area contributed by atoms with Gasteiger partial charge in [0.05, 0.1) is 6.61 Å². The first-order chi connectivity index (χ1) is 9.69. The molecule has 0 aromatic heterocycles. The van der Waals surface area contributed by atoms with Gasteiger partial charge >= 0.3 is 0 Å². The molecule has 112 valence electrons. The second kappa shape index (κ2) is 9.98. The van der Waals surface area contributed by atoms with Crippen LogP contribution < -0.4 is 4.74 Å². The monoisotopic (exact) mass is 340 g/mol. The van der Waals surface area contributed by atoms with Crippen molar-refractivity contribution >= 4 is 21.7 Å². The van der Waals surface area contributed by atoms with Crippen LogP contribution in [-0.2, 0) is 0 Å². The lowest BCUT2D eigenvalue weighted by atomic mass is 10.0. The highest BCUT2D eigenvalue weighted by Crippen LogP contribution is 2.25. The highest BCUT2D eigenvalue weighted by Gasteiger charge is 2.10. The molecule has 2 nitrogen and oxygen atoms in total. The van der Waals surface area contributed by atoms with Gasteiger partial charge in [-0.3, -0.25) is 4.79 Å². The molecule has 1 rings (SSSR count). The minimum absolute atomic E-state index is 0.218. The van der Waals surface area contributed by atoms with E-state index in [4.69, 9.17) is 4.74 Å². The molecule has 0 bridgehead atoms. The van der Waals surface area contributed by atoms with Crippen LogP contribution in [0.4, 0.5) is 0 Å². The summed E-state index contributed by atoms with van der Waals surface area (Å²) in [6.07, 6.45) is 7.88. The number of ketones is 1. The van der Waals surface area contributed by atoms with Crippen molar-refractivity contribution < 1.29 is 9.53 Å². The first kappa shape index (κ1) is 17.2. The van der Waals surface area contributed by atoms with Crippen LogP contribution in [0.5, 0.6) is 5.75 Å². The molecule has 3 heteroatoms. The van der Waals surface area contributed by atoms with Crippen LogP contribution in [0.2, 0.25) is 0 Å². The van der Waals surface area contributed by atoms with E-state index in [9.17, 15) is 4.79 Å². The van der Waals surface area contributed by atoms with Crippen molar-refractivity contribution in [1.82, 2.24) is 0 Å². The normalized spacial score (nSPS) is 10.6. The number of carbonyl (C=O) groups is 1. The predicted octanol–water partition coefficient (Wildman–Crippen LogP) is 5.78. The lowest BCUT2D eigenvalue weighted by Crippen LogP contribution is -2.01. The van der Waals surface area contributed by atoms with E-state index in [1.165, 1.54) is 25.7 Å². The standard InChI is InChI=1S/C17H25BrO2/c1-3-5-6-7-8-9-10-17(19)15-12-11-14(20-4-2)13-16(15)18/h11-13H,3-10H2,1-2H3. The zero-order valence-corrected chi connectivity index (χ0v) is 14.2. The van der Waals surface area contributed by atoms with Crippen molar-refractivity contribution in [3.63, 3.8) is 0 Å². The maximum Gasteiger partial charge on any atom is 0.164 e. The quantitative estimate of drug-likeness (QED) is 0.398. The zero-order chi connectivity index (χ0) is 14.8. The van der Waals surface area contributed by atoms with Crippen molar-refractivity contribution in [1.29, 1.82) is 0 Å². The average Bonchev–Trinajstić information content (AvgIpc) is 2.43. The van der Waals surface area contributed by atoms with E-state index < -0.39 is 0 Å². The number of Topliss-reactive ketones (excluding diaryl/α,β-unsaturated/α-hetero) is 1. The van der Waals surface area contributed by atoms with Crippen molar-refractivity contribution in [2.24, 2.45) is 0 Å². The number of benzene rings is 1. The average molecular weight is 341 g/mol. The van der Waals surface area contributed by atoms with E-state index in [1.54, 1.807) is 0 Å². The molecule has 0 atom stereocenters. The summed E-state index contributed by atoms with van der Waals surface area (Å²) in [7, 11) is 0. The Bertz CT molecular complexity index is 415. The molecular formula is C17H25BrO2. The van der Waals surface area contributed by atoms with Crippen LogP contribution >= 0.6 is 15.9 Å². The SMILES string of the molecule is CCCCCCCCC(=O)c1ccc(OCC)cc1Br. The summed E-state index contributed by atoms with van der Waals surface area (Å²) >= 11 is 3.46. The second-order valence-corrected chi connectivity index (χ2v) is 5.87. The highest BCUT2D eigenvalue weighted by molar-refractivity contribution is 9.10. The molecular weight excluding hydrogens is 316 g/mol. The van der Waals surface area contributed by atoms with Gasteiger partial charge in [0.15, 0.2) is 5.78 Å². The van der Waals surface area contributed by atoms with Gasteiger partial charge in [-0.1, -0.05) is 39.0 Å². The number of halogens is 1. The fraction of sp³-hybridized carbons (Fsp3) is 0.588. The smallest absolute Gasteiger partial charge is 0.164 e. The molecule has 0 unspecified atom stereocenters. The van der Waals surface area contributed by atoms with Gasteiger partial charge in [0, 0.05) is 16.5 Å². The van der Waals surface area contributed by atoms with Crippen LogP contribution in [0, 0.1) is 0 Å². The van der Waals surface area contributed by atoms with Crippen molar-refractivity contribution in [3.8, 4) is 5.75 Å². The molecule has 0 amide bonds. The van der Waals surface area contributed by atoms with E-state index in [0.29, 0.717) is 13.0 Å². The summed E-state index contributed by atoms with van der Waals surface area (Å²) in [6, 6.07) is 5.59. The maximum absolute atomic E-state index is 12.2. The third-order valence-electron chi connectivity index (χ3n) is 3.31. The molecule has 0 N–H and O–H groups in total. The number of carbonyl (C=O) groups excluding carboxylic acids is 1. The molecule has 0 fully saturated rings. The summed E-state index contributed by atoms with van der Waals surface area (Å²) in [5, 5.41) is 0. The predicted molar refractivity (Wildman–Crippen MR) is 87.6 cm³/mol. The first-order valence-corrected chi connectivity index (χ1v) is 8.43. The van der Waals surface area contributed by atoms with Gasteiger partial charge in [0.1, 0.15) is 5.75 Å². The van der Waals surface area contributed by atoms with E-state index in [0.717, 1.165) is 28.6 Å². The van der Waals surface area contributed by atoms with Gasteiger partial charge in [0.2, 0.25) is 0 Å². The Morgan fingerprint density at radius 1 is 1.10 bits per heavy atom. The van der Waals surface area contributed by atoms with Gasteiger partial charge in [-0.2, -0.15) is 0 Å². The van der Waals surface area contributed by atoms with Crippen molar-refractivity contribution in [2.75, 3.05) is 6.61 Å². The van der Waals surface area contributed by atoms with Crippen LogP contribution in [0.15, 0.2) is 22.7 Å². The Kier molecular flexibility index (Phi) is 8.59. The molecule has 0 saturated carbocycles. The molecule has 0 radical (unpaired) electrons. The summed E-state index contributed by atoms with van der Waals surface area (Å²) in [6.45, 7) is 4.80. The largest absolute Gasteiger partial charge is 0.494 e. The Balaban J connectivity index is 2.39. The van der Waals surface area contributed by atoms with Gasteiger partial charge < -0.3 is 4.74 Å². The Labute approximate surface area is 131 Å². The highest BCUT2D eigenvalue weighted by atomic mass is 79.9. The van der Waals surface area contributed by atoms with Crippen LogP contribution in [-0.4, -0.2) is 12.4 Å². The minimum Gasteiger partial charge on any atom is -0.494 e. The van der Waals surface area contributed by atoms with Gasteiger partial charge in [-0.05, 0) is 47.5 Å². The second-order valence-electron chi connectivity index (χ2n) is 5.02. The van der Waals surface area contributed by atoms with E-state index in [1.807, 2.05) is 25.1 Å². The number of rotatable bonds is 10. The molecule has 0 aliphatic heterocycles. The molecule has 1 aromatic rings. The lowest BCUT2D eigenvalue weighted by molar-refractivity contribution is 0.0978. The van der Waals surface area contributed by atoms with E-state index in [2.05, 4.69) is 22.9 Å². The Morgan fingerprint density at radius 2 is 1.80 bits per heavy atom. The van der Waals surface area contributed by atoms with Crippen LogP contribution in [0.25, 0.3) is 0 Å². The van der Waals surface area contributed by atoms with Crippen molar-refractivity contribution in [2.45, 2.75) is 58.8 Å². The molecule has 0 heterocycles. The molecule has 0 aliphatic rings. The third kappa shape index (κ3) is 6.08. The summed E-state index contributed by atoms with van der Waals surface area (Å²) in [4.78, 5) is 12.2. The molecule has 0 aliphatic carbocycles. The zero-order valence-electron chi connectivity index (χ0n) is 12.6. The summed E-state index contributed by atoms with van der Waals surface area (Å²) in [5.74, 6) is 1.02. The topological polar surface area (TPSA) is 26.3 Å². The minimum atomic E-state index is 0.218. The summed E-state index contributed by atoms with van der Waals surface area (Å²) < 4.78 is 6.25. The maximum atomic E-state index is 12.2. The molecule has 20 heavy (non-hydrogen) atoms.